The molecule has 17 heavy (non-hydrogen) atoms. The first-order valence-electron chi connectivity index (χ1n) is 5.15. The molecule has 0 aliphatic rings. The lowest BCUT2D eigenvalue weighted by Gasteiger charge is -2.17. The SMILES string of the molecule is CN(Cc1ccc(Cl)s1)c1cncc(CN)n1. The summed E-state index contributed by atoms with van der Waals surface area (Å²) in [4.78, 5) is 11.7. The Balaban J connectivity index is 2.11. The van der Waals surface area contributed by atoms with Gasteiger partial charge in [0.2, 0.25) is 0 Å². The van der Waals surface area contributed by atoms with Gasteiger partial charge in [-0.05, 0) is 12.1 Å². The van der Waals surface area contributed by atoms with Gasteiger partial charge in [0.25, 0.3) is 0 Å². The zero-order valence-electron chi connectivity index (χ0n) is 9.43. The maximum Gasteiger partial charge on any atom is 0.147 e. The third-order valence-electron chi connectivity index (χ3n) is 2.29. The number of halogens is 1. The van der Waals surface area contributed by atoms with Gasteiger partial charge in [0, 0.05) is 24.7 Å². The second-order valence-corrected chi connectivity index (χ2v) is 5.43. The Morgan fingerprint density at radius 1 is 1.41 bits per heavy atom. The van der Waals surface area contributed by atoms with E-state index in [-0.39, 0.29) is 0 Å². The van der Waals surface area contributed by atoms with Crippen LogP contribution in [-0.4, -0.2) is 17.0 Å². The predicted octanol–water partition coefficient (Wildman–Crippen LogP) is 2.29. The monoisotopic (exact) mass is 268 g/mol. The number of nitrogens with two attached hydrogens (primary N) is 1. The number of anilines is 1. The molecule has 0 aromatic carbocycles. The number of thiophene rings is 1. The molecule has 90 valence electrons. The third kappa shape index (κ3) is 3.15. The highest BCUT2D eigenvalue weighted by Gasteiger charge is 2.06. The van der Waals surface area contributed by atoms with Crippen LogP contribution in [0.3, 0.4) is 0 Å². The van der Waals surface area contributed by atoms with E-state index in [0.717, 1.165) is 22.4 Å². The normalized spacial score (nSPS) is 10.5. The molecule has 4 nitrogen and oxygen atoms in total. The molecule has 0 aliphatic carbocycles. The van der Waals surface area contributed by atoms with Crippen LogP contribution in [0.5, 0.6) is 0 Å². The molecule has 2 rings (SSSR count). The molecular formula is C11H13ClN4S. The van der Waals surface area contributed by atoms with Gasteiger partial charge in [-0.2, -0.15) is 0 Å². The van der Waals surface area contributed by atoms with Gasteiger partial charge in [0.05, 0.1) is 22.8 Å². The van der Waals surface area contributed by atoms with E-state index in [0.29, 0.717) is 6.54 Å². The Labute approximate surface area is 109 Å². The molecule has 0 atom stereocenters. The molecule has 6 heteroatoms. The molecule has 0 saturated carbocycles. The number of nitrogens with zero attached hydrogens (tertiary/aromatic N) is 3. The Morgan fingerprint density at radius 2 is 2.24 bits per heavy atom. The highest BCUT2D eigenvalue weighted by atomic mass is 35.5. The van der Waals surface area contributed by atoms with Crippen LogP contribution in [0, 0.1) is 0 Å². The van der Waals surface area contributed by atoms with Gasteiger partial charge < -0.3 is 10.6 Å². The van der Waals surface area contributed by atoms with E-state index in [9.17, 15) is 0 Å². The van der Waals surface area contributed by atoms with Crippen molar-refractivity contribution in [2.45, 2.75) is 13.1 Å². The van der Waals surface area contributed by atoms with Crippen molar-refractivity contribution < 1.29 is 0 Å². The zero-order chi connectivity index (χ0) is 12.3. The van der Waals surface area contributed by atoms with E-state index in [1.165, 1.54) is 4.88 Å². The number of aromatic nitrogens is 2. The van der Waals surface area contributed by atoms with E-state index in [2.05, 4.69) is 9.97 Å². The first-order chi connectivity index (χ1) is 8.19. The summed E-state index contributed by atoms with van der Waals surface area (Å²) in [5.74, 6) is 0.817. The van der Waals surface area contributed by atoms with Gasteiger partial charge in [-0.1, -0.05) is 11.6 Å². The summed E-state index contributed by atoms with van der Waals surface area (Å²) in [6, 6.07) is 3.92. The Kier molecular flexibility index (Phi) is 3.93. The highest BCUT2D eigenvalue weighted by Crippen LogP contribution is 2.23. The molecule has 2 N–H and O–H groups in total. The summed E-state index contributed by atoms with van der Waals surface area (Å²) in [6.07, 6.45) is 3.41. The maximum atomic E-state index is 5.89. The van der Waals surface area contributed by atoms with Gasteiger partial charge in [0.15, 0.2) is 0 Å². The lowest BCUT2D eigenvalue weighted by Crippen LogP contribution is -2.18. The minimum absolute atomic E-state index is 0.402. The summed E-state index contributed by atoms with van der Waals surface area (Å²) >= 11 is 7.46. The number of rotatable bonds is 4. The molecule has 0 amide bonds. The topological polar surface area (TPSA) is 55.0 Å². The van der Waals surface area contributed by atoms with Crippen LogP contribution < -0.4 is 10.6 Å². The predicted molar refractivity (Wildman–Crippen MR) is 71.4 cm³/mol. The van der Waals surface area contributed by atoms with E-state index in [1.54, 1.807) is 23.7 Å². The molecule has 0 aliphatic heterocycles. The average molecular weight is 269 g/mol. The fourth-order valence-corrected chi connectivity index (χ4v) is 2.57. The van der Waals surface area contributed by atoms with Crippen LogP contribution in [0.2, 0.25) is 4.34 Å². The van der Waals surface area contributed by atoms with Crippen LogP contribution in [0.1, 0.15) is 10.6 Å². The van der Waals surface area contributed by atoms with Crippen LogP contribution >= 0.6 is 22.9 Å². The van der Waals surface area contributed by atoms with Crippen molar-refractivity contribution in [3.05, 3.63) is 39.4 Å². The molecule has 2 aromatic rings. The van der Waals surface area contributed by atoms with Gasteiger partial charge >= 0.3 is 0 Å². The van der Waals surface area contributed by atoms with Gasteiger partial charge in [-0.3, -0.25) is 4.98 Å². The van der Waals surface area contributed by atoms with Gasteiger partial charge in [0.1, 0.15) is 5.82 Å². The summed E-state index contributed by atoms with van der Waals surface area (Å²) < 4.78 is 0.801. The van der Waals surface area contributed by atoms with E-state index >= 15 is 0 Å². The van der Waals surface area contributed by atoms with Crippen molar-refractivity contribution in [3.63, 3.8) is 0 Å². The molecule has 0 fully saturated rings. The molecule has 0 bridgehead atoms. The number of hydrogen-bond donors (Lipinski definition) is 1. The van der Waals surface area contributed by atoms with Crippen molar-refractivity contribution >= 4 is 28.8 Å². The molecule has 2 heterocycles. The van der Waals surface area contributed by atoms with E-state index in [1.807, 2.05) is 24.1 Å². The fraction of sp³-hybridized carbons (Fsp3) is 0.273. The molecule has 0 saturated heterocycles. The summed E-state index contributed by atoms with van der Waals surface area (Å²) in [7, 11) is 1.97. The summed E-state index contributed by atoms with van der Waals surface area (Å²) in [5.41, 5.74) is 6.33. The molecular weight excluding hydrogens is 256 g/mol. The van der Waals surface area contributed by atoms with Gasteiger partial charge in [-0.15, -0.1) is 11.3 Å². The summed E-state index contributed by atoms with van der Waals surface area (Å²) in [6.45, 7) is 1.17. The van der Waals surface area contributed by atoms with Crippen LogP contribution in [-0.2, 0) is 13.1 Å². The Bertz CT molecular complexity index is 500. The number of hydrogen-bond acceptors (Lipinski definition) is 5. The van der Waals surface area contributed by atoms with Crippen LogP contribution in [0.15, 0.2) is 24.5 Å². The van der Waals surface area contributed by atoms with Crippen molar-refractivity contribution in [2.75, 3.05) is 11.9 Å². The van der Waals surface area contributed by atoms with Crippen molar-refractivity contribution in [1.82, 2.24) is 9.97 Å². The molecule has 0 radical (unpaired) electrons. The maximum absolute atomic E-state index is 5.89. The smallest absolute Gasteiger partial charge is 0.147 e. The van der Waals surface area contributed by atoms with E-state index in [4.69, 9.17) is 17.3 Å². The fourth-order valence-electron chi connectivity index (χ4n) is 1.43. The lowest BCUT2D eigenvalue weighted by molar-refractivity contribution is 0.874. The Morgan fingerprint density at radius 3 is 2.88 bits per heavy atom. The Hall–Kier alpha value is -1.17. The molecule has 0 unspecified atom stereocenters. The zero-order valence-corrected chi connectivity index (χ0v) is 11.0. The first-order valence-corrected chi connectivity index (χ1v) is 6.35. The minimum Gasteiger partial charge on any atom is -0.353 e. The lowest BCUT2D eigenvalue weighted by atomic mass is 10.4. The standard InChI is InChI=1S/C11H13ClN4S/c1-16(7-9-2-3-10(12)17-9)11-6-14-5-8(4-13)15-11/h2-3,5-6H,4,7,13H2,1H3. The molecule has 0 spiro atoms. The van der Waals surface area contributed by atoms with E-state index < -0.39 is 0 Å². The minimum atomic E-state index is 0.402. The third-order valence-corrected chi connectivity index (χ3v) is 3.51. The van der Waals surface area contributed by atoms with Crippen LogP contribution in [0.4, 0.5) is 5.82 Å². The van der Waals surface area contributed by atoms with Crippen LogP contribution in [0.25, 0.3) is 0 Å². The quantitative estimate of drug-likeness (QED) is 0.924. The second-order valence-electron chi connectivity index (χ2n) is 3.63. The highest BCUT2D eigenvalue weighted by molar-refractivity contribution is 7.16. The van der Waals surface area contributed by atoms with Crippen molar-refractivity contribution in [1.29, 1.82) is 0 Å². The summed E-state index contributed by atoms with van der Waals surface area (Å²) in [5, 5.41) is 0. The van der Waals surface area contributed by atoms with Crippen molar-refractivity contribution in [3.8, 4) is 0 Å². The second kappa shape index (κ2) is 5.44. The van der Waals surface area contributed by atoms with Crippen molar-refractivity contribution in [2.24, 2.45) is 5.73 Å². The molecule has 2 aromatic heterocycles. The largest absolute Gasteiger partial charge is 0.353 e. The van der Waals surface area contributed by atoms with Gasteiger partial charge in [-0.25, -0.2) is 4.98 Å². The average Bonchev–Trinajstić information content (AvgIpc) is 2.75. The first kappa shape index (κ1) is 12.3.